The van der Waals surface area contributed by atoms with Crippen LogP contribution in [0.5, 0.6) is 0 Å². The van der Waals surface area contributed by atoms with E-state index in [1.165, 1.54) is 83.0 Å². The maximum atomic E-state index is 2.52. The predicted molar refractivity (Wildman–Crippen MR) is 263 cm³/mol. The van der Waals surface area contributed by atoms with Crippen LogP contribution in [-0.2, 0) is 11.8 Å². The Balaban J connectivity index is 1.05. The normalized spacial score (nSPS) is 13.6. The molecule has 0 N–H and O–H groups in total. The molecule has 296 valence electrons. The van der Waals surface area contributed by atoms with E-state index < -0.39 is 0 Å². The van der Waals surface area contributed by atoms with Gasteiger partial charge in [0.2, 0.25) is 0 Å². The molecule has 1 aliphatic heterocycles. The fraction of sp³-hybridized carbons (Fsp3) is 0.0847. The monoisotopic (exact) mass is 795 g/mol. The molecule has 3 nitrogen and oxygen atoms in total. The first-order valence-electron chi connectivity index (χ1n) is 21.8. The smallest absolute Gasteiger partial charge is 0.0583 e. The van der Waals surface area contributed by atoms with Crippen LogP contribution in [0.3, 0.4) is 0 Å². The molecule has 2 heterocycles. The summed E-state index contributed by atoms with van der Waals surface area (Å²) >= 11 is 0. The van der Waals surface area contributed by atoms with Crippen LogP contribution >= 0.6 is 0 Å². The Kier molecular flexibility index (Phi) is 8.33. The predicted octanol–water partition coefficient (Wildman–Crippen LogP) is 16.1. The molecule has 12 rings (SSSR count). The summed E-state index contributed by atoms with van der Waals surface area (Å²) < 4.78 is 2.52. The van der Waals surface area contributed by atoms with Gasteiger partial charge in [0.15, 0.2) is 0 Å². The van der Waals surface area contributed by atoms with Crippen LogP contribution in [0.2, 0.25) is 0 Å². The number of hydrogen-bond donors (Lipinski definition) is 0. The van der Waals surface area contributed by atoms with Crippen LogP contribution in [0.25, 0.3) is 55.5 Å². The van der Waals surface area contributed by atoms with Gasteiger partial charge < -0.3 is 14.4 Å². The lowest BCUT2D eigenvalue weighted by molar-refractivity contribution is 0.630. The van der Waals surface area contributed by atoms with Crippen molar-refractivity contribution < 1.29 is 0 Å². The van der Waals surface area contributed by atoms with Crippen molar-refractivity contribution in [1.29, 1.82) is 0 Å². The van der Waals surface area contributed by atoms with Gasteiger partial charge in [0.25, 0.3) is 0 Å². The summed E-state index contributed by atoms with van der Waals surface area (Å²) in [6, 6.07) is 73.8. The van der Waals surface area contributed by atoms with Crippen molar-refractivity contribution >= 4 is 72.8 Å². The minimum absolute atomic E-state index is 0.225. The molecule has 0 bridgehead atoms. The summed E-state index contributed by atoms with van der Waals surface area (Å²) in [6.07, 6.45) is 6.65. The van der Waals surface area contributed by atoms with Crippen molar-refractivity contribution in [2.75, 3.05) is 9.80 Å². The fourth-order valence-corrected chi connectivity index (χ4v) is 10.4. The lowest BCUT2D eigenvalue weighted by atomic mass is 9.74. The first-order chi connectivity index (χ1) is 30.5. The molecule has 0 saturated heterocycles. The number of aromatic nitrogens is 1. The summed E-state index contributed by atoms with van der Waals surface area (Å²) in [5.74, 6) is 0. The van der Waals surface area contributed by atoms with E-state index in [-0.39, 0.29) is 5.41 Å². The van der Waals surface area contributed by atoms with Gasteiger partial charge in [-0.05, 0) is 130 Å². The van der Waals surface area contributed by atoms with E-state index in [1.54, 1.807) is 0 Å². The molecule has 2 aliphatic rings. The Labute approximate surface area is 363 Å². The molecule has 0 spiro atoms. The lowest BCUT2D eigenvalue weighted by Crippen LogP contribution is -2.26. The number of nitrogens with zero attached hydrogens (tertiary/aromatic N) is 3. The molecule has 0 atom stereocenters. The number of anilines is 6. The highest BCUT2D eigenvalue weighted by atomic mass is 15.2. The zero-order chi connectivity index (χ0) is 41.4. The summed E-state index contributed by atoms with van der Waals surface area (Å²) in [4.78, 5) is 4.88. The first-order valence-corrected chi connectivity index (χ1v) is 21.8. The van der Waals surface area contributed by atoms with E-state index in [0.29, 0.717) is 0 Å². The van der Waals surface area contributed by atoms with Gasteiger partial charge in [0, 0.05) is 50.0 Å². The maximum absolute atomic E-state index is 2.52. The van der Waals surface area contributed by atoms with Crippen LogP contribution in [0.15, 0.2) is 206 Å². The van der Waals surface area contributed by atoms with Crippen molar-refractivity contribution in [2.24, 2.45) is 0 Å². The maximum Gasteiger partial charge on any atom is 0.0583 e. The second-order valence-corrected chi connectivity index (χ2v) is 17.3. The van der Waals surface area contributed by atoms with Gasteiger partial charge in [-0.25, -0.2) is 0 Å². The van der Waals surface area contributed by atoms with E-state index in [9.17, 15) is 0 Å². The van der Waals surface area contributed by atoms with Gasteiger partial charge in [-0.2, -0.15) is 0 Å². The Bertz CT molecular complexity index is 3330. The zero-order valence-corrected chi connectivity index (χ0v) is 35.0. The van der Waals surface area contributed by atoms with Gasteiger partial charge in [0.05, 0.1) is 22.4 Å². The second kappa shape index (κ2) is 14.2. The Morgan fingerprint density at radius 2 is 1.13 bits per heavy atom. The SMILES string of the molecule is CC1(C)c2ccccc2-n2c3ccc(-c4ccc(N(c5cccc6c5CCC=C6)c5cccc6ccccc56)cc4)cc3c3cc(N(c4ccccc4)c4ccccc4)cc1c32. The lowest BCUT2D eigenvalue weighted by Gasteiger charge is -2.36. The largest absolute Gasteiger partial charge is 0.310 e. The van der Waals surface area contributed by atoms with E-state index in [1.807, 2.05) is 0 Å². The Hall–Kier alpha value is -7.62. The van der Waals surface area contributed by atoms with Crippen LogP contribution in [0.4, 0.5) is 34.1 Å². The third-order valence-electron chi connectivity index (χ3n) is 13.4. The van der Waals surface area contributed by atoms with Crippen molar-refractivity contribution in [3.05, 3.63) is 229 Å². The van der Waals surface area contributed by atoms with Crippen LogP contribution in [0, 0.1) is 0 Å². The van der Waals surface area contributed by atoms with Gasteiger partial charge in [0.1, 0.15) is 0 Å². The topological polar surface area (TPSA) is 11.4 Å². The first kappa shape index (κ1) is 36.2. The molecule has 1 aromatic heterocycles. The van der Waals surface area contributed by atoms with Gasteiger partial charge in [-0.1, -0.05) is 147 Å². The number of rotatable bonds is 7. The average Bonchev–Trinajstić information content (AvgIpc) is 3.66. The van der Waals surface area contributed by atoms with E-state index in [0.717, 1.165) is 35.6 Å². The third-order valence-corrected chi connectivity index (χ3v) is 13.4. The van der Waals surface area contributed by atoms with Crippen LogP contribution in [0.1, 0.15) is 42.5 Å². The van der Waals surface area contributed by atoms with Gasteiger partial charge in [-0.3, -0.25) is 0 Å². The molecule has 1 aliphatic carbocycles. The second-order valence-electron chi connectivity index (χ2n) is 17.3. The van der Waals surface area contributed by atoms with Crippen LogP contribution < -0.4 is 9.80 Å². The molecular formula is C59H45N3. The van der Waals surface area contributed by atoms with E-state index in [4.69, 9.17) is 0 Å². The Morgan fingerprint density at radius 3 is 1.94 bits per heavy atom. The number of allylic oxidation sites excluding steroid dienone is 1. The van der Waals surface area contributed by atoms with E-state index >= 15 is 0 Å². The van der Waals surface area contributed by atoms with Crippen molar-refractivity contribution in [3.8, 4) is 16.8 Å². The standard InChI is InChI=1S/C59H45N3/c1-59(2)52-27-13-14-28-57(52)62-56-36-33-43(37-50(56)51-38-47(39-53(59)58(51)62)60(44-21-5-3-6-22-44)45-23-7-4-8-24-45)40-31-34-46(35-32-40)61(54-29-15-19-41-17-9-11-25-48(41)54)55-30-16-20-42-18-10-12-26-49(42)55/h3-11,13-25,27-39H,12,26H2,1-2H3. The minimum atomic E-state index is -0.225. The molecule has 0 saturated carbocycles. The van der Waals surface area contributed by atoms with Crippen molar-refractivity contribution in [1.82, 2.24) is 4.57 Å². The summed E-state index contributed by atoms with van der Waals surface area (Å²) in [5, 5.41) is 4.99. The highest BCUT2D eigenvalue weighted by Gasteiger charge is 2.36. The number of fused-ring (bicyclic) bond motifs is 7. The van der Waals surface area contributed by atoms with E-state index in [2.05, 4.69) is 241 Å². The van der Waals surface area contributed by atoms with Crippen LogP contribution in [-0.4, -0.2) is 4.57 Å². The molecule has 0 unspecified atom stereocenters. The summed E-state index contributed by atoms with van der Waals surface area (Å²) in [6.45, 7) is 4.77. The number of para-hydroxylation sites is 3. The molecule has 0 fully saturated rings. The highest BCUT2D eigenvalue weighted by Crippen LogP contribution is 2.51. The quantitative estimate of drug-likeness (QED) is 0.159. The Morgan fingerprint density at radius 1 is 0.468 bits per heavy atom. The molecule has 9 aromatic carbocycles. The third kappa shape index (κ3) is 5.65. The summed E-state index contributed by atoms with van der Waals surface area (Å²) in [7, 11) is 0. The number of hydrogen-bond acceptors (Lipinski definition) is 2. The molecule has 0 amide bonds. The fourth-order valence-electron chi connectivity index (χ4n) is 10.4. The summed E-state index contributed by atoms with van der Waals surface area (Å²) in [5.41, 5.74) is 18.3. The molecular weight excluding hydrogens is 751 g/mol. The molecule has 0 radical (unpaired) electrons. The van der Waals surface area contributed by atoms with Gasteiger partial charge in [-0.15, -0.1) is 0 Å². The minimum Gasteiger partial charge on any atom is -0.310 e. The van der Waals surface area contributed by atoms with Crippen molar-refractivity contribution in [2.45, 2.75) is 32.1 Å². The van der Waals surface area contributed by atoms with Gasteiger partial charge >= 0.3 is 0 Å². The molecule has 62 heavy (non-hydrogen) atoms. The van der Waals surface area contributed by atoms with Crippen molar-refractivity contribution in [3.63, 3.8) is 0 Å². The average molecular weight is 796 g/mol. The number of benzene rings is 9. The molecule has 3 heteroatoms. The molecule has 10 aromatic rings. The zero-order valence-electron chi connectivity index (χ0n) is 35.0. The highest BCUT2D eigenvalue weighted by molar-refractivity contribution is 6.14.